The molecule has 2 aromatic carbocycles. The molecule has 0 fully saturated rings. The van der Waals surface area contributed by atoms with Gasteiger partial charge >= 0.3 is 5.97 Å². The van der Waals surface area contributed by atoms with Crippen molar-refractivity contribution in [3.05, 3.63) is 77.9 Å². The van der Waals surface area contributed by atoms with Crippen molar-refractivity contribution in [2.75, 3.05) is 5.32 Å². The van der Waals surface area contributed by atoms with E-state index in [2.05, 4.69) is 15.4 Å². The summed E-state index contributed by atoms with van der Waals surface area (Å²) in [7, 11) is 0. The number of halogens is 1. The zero-order valence-electron chi connectivity index (χ0n) is 13.5. The summed E-state index contributed by atoms with van der Waals surface area (Å²) >= 11 is 0. The lowest BCUT2D eigenvalue weighted by molar-refractivity contribution is -0.179. The SMILES string of the molecule is O=C(O)[C@]1(O)[C@H](c2ccc(F)cc2)[C@H](c2ccccc2)Nc2ncnn21. The zero-order valence-corrected chi connectivity index (χ0v) is 13.5. The van der Waals surface area contributed by atoms with E-state index in [0.717, 1.165) is 10.2 Å². The van der Waals surface area contributed by atoms with Gasteiger partial charge in [0.05, 0.1) is 12.0 Å². The monoisotopic (exact) mass is 354 g/mol. The van der Waals surface area contributed by atoms with E-state index in [1.165, 1.54) is 30.6 Å². The fourth-order valence-electron chi connectivity index (χ4n) is 3.43. The highest BCUT2D eigenvalue weighted by atomic mass is 19.1. The number of hydrogen-bond donors (Lipinski definition) is 3. The Hall–Kier alpha value is -3.26. The molecule has 0 unspecified atom stereocenters. The molecule has 2 heterocycles. The second kappa shape index (κ2) is 5.92. The maximum absolute atomic E-state index is 13.4. The Kier molecular flexibility index (Phi) is 3.69. The van der Waals surface area contributed by atoms with Gasteiger partial charge in [0.1, 0.15) is 12.1 Å². The molecule has 0 radical (unpaired) electrons. The minimum Gasteiger partial charge on any atom is -0.478 e. The lowest BCUT2D eigenvalue weighted by atomic mass is 9.78. The summed E-state index contributed by atoms with van der Waals surface area (Å²) in [6, 6.07) is 13.9. The van der Waals surface area contributed by atoms with E-state index >= 15 is 0 Å². The van der Waals surface area contributed by atoms with Crippen LogP contribution in [0.1, 0.15) is 23.1 Å². The molecule has 1 aliphatic heterocycles. The number of benzene rings is 2. The number of fused-ring (bicyclic) bond motifs is 1. The number of aliphatic hydroxyl groups is 1. The highest BCUT2D eigenvalue weighted by Gasteiger charge is 2.56. The summed E-state index contributed by atoms with van der Waals surface area (Å²) < 4.78 is 14.3. The maximum Gasteiger partial charge on any atom is 0.360 e. The van der Waals surface area contributed by atoms with Crippen LogP contribution in [0.2, 0.25) is 0 Å². The summed E-state index contributed by atoms with van der Waals surface area (Å²) in [5.74, 6) is -2.76. The van der Waals surface area contributed by atoms with Gasteiger partial charge in [-0.3, -0.25) is 0 Å². The van der Waals surface area contributed by atoms with E-state index in [1.54, 1.807) is 0 Å². The minimum absolute atomic E-state index is 0.141. The lowest BCUT2D eigenvalue weighted by Gasteiger charge is -2.42. The molecular weight excluding hydrogens is 339 g/mol. The summed E-state index contributed by atoms with van der Waals surface area (Å²) in [4.78, 5) is 16.1. The van der Waals surface area contributed by atoms with Crippen molar-refractivity contribution in [2.45, 2.75) is 17.7 Å². The fourth-order valence-corrected chi connectivity index (χ4v) is 3.43. The molecule has 0 spiro atoms. The highest BCUT2D eigenvalue weighted by molar-refractivity contribution is 5.78. The van der Waals surface area contributed by atoms with Crippen molar-refractivity contribution < 1.29 is 19.4 Å². The van der Waals surface area contributed by atoms with E-state index in [0.29, 0.717) is 5.56 Å². The van der Waals surface area contributed by atoms with E-state index < -0.39 is 29.5 Å². The summed E-state index contributed by atoms with van der Waals surface area (Å²) in [5.41, 5.74) is -1.18. The number of hydrogen-bond acceptors (Lipinski definition) is 5. The molecule has 0 bridgehead atoms. The number of carbonyl (C=O) groups is 1. The number of carboxylic acids is 1. The standard InChI is InChI=1S/C18H15FN4O3/c19-13-8-6-11(7-9-13)14-15(12-4-2-1-3-5-12)22-17-20-10-21-23(17)18(14,26)16(24)25/h1-10,14-15,26H,(H,24,25)(H,20,21,22)/t14-,15+,18-/m1/s1. The third-order valence-corrected chi connectivity index (χ3v) is 4.62. The average Bonchev–Trinajstić information content (AvgIpc) is 3.12. The number of aromatic nitrogens is 3. The number of anilines is 1. The molecule has 0 aliphatic carbocycles. The molecule has 7 nitrogen and oxygen atoms in total. The van der Waals surface area contributed by atoms with Crippen LogP contribution in [0.4, 0.5) is 10.3 Å². The molecule has 3 aromatic rings. The van der Waals surface area contributed by atoms with E-state index in [1.807, 2.05) is 30.3 Å². The van der Waals surface area contributed by atoms with Gasteiger partial charge in [-0.15, -0.1) is 0 Å². The molecule has 26 heavy (non-hydrogen) atoms. The van der Waals surface area contributed by atoms with Gasteiger partial charge in [0.2, 0.25) is 5.95 Å². The third-order valence-electron chi connectivity index (χ3n) is 4.62. The van der Waals surface area contributed by atoms with Gasteiger partial charge in [-0.2, -0.15) is 14.8 Å². The largest absolute Gasteiger partial charge is 0.478 e. The Morgan fingerprint density at radius 1 is 1.12 bits per heavy atom. The quantitative estimate of drug-likeness (QED) is 0.666. The first-order chi connectivity index (χ1) is 12.5. The topological polar surface area (TPSA) is 100 Å². The van der Waals surface area contributed by atoms with Crippen molar-refractivity contribution >= 4 is 11.9 Å². The Labute approximate surface area is 147 Å². The van der Waals surface area contributed by atoms with Crippen LogP contribution in [-0.4, -0.2) is 30.9 Å². The van der Waals surface area contributed by atoms with Gasteiger partial charge in [0.15, 0.2) is 0 Å². The van der Waals surface area contributed by atoms with Crippen LogP contribution in [0.15, 0.2) is 60.9 Å². The van der Waals surface area contributed by atoms with Crippen LogP contribution in [0.3, 0.4) is 0 Å². The molecule has 132 valence electrons. The smallest absolute Gasteiger partial charge is 0.360 e. The van der Waals surface area contributed by atoms with E-state index in [4.69, 9.17) is 0 Å². The number of rotatable bonds is 3. The molecule has 0 saturated carbocycles. The van der Waals surface area contributed by atoms with Gasteiger partial charge in [0.25, 0.3) is 5.72 Å². The van der Waals surface area contributed by atoms with Crippen molar-refractivity contribution in [3.8, 4) is 0 Å². The predicted molar refractivity (Wildman–Crippen MR) is 89.8 cm³/mol. The predicted octanol–water partition coefficient (Wildman–Crippen LogP) is 2.10. The Morgan fingerprint density at radius 2 is 1.81 bits per heavy atom. The minimum atomic E-state index is -2.39. The molecule has 3 atom stereocenters. The second-order valence-electron chi connectivity index (χ2n) is 6.09. The Bertz CT molecular complexity index is 945. The van der Waals surface area contributed by atoms with Crippen LogP contribution in [-0.2, 0) is 10.5 Å². The molecule has 3 N–H and O–H groups in total. The first kappa shape index (κ1) is 16.2. The molecule has 0 saturated heterocycles. The van der Waals surface area contributed by atoms with Crippen molar-refractivity contribution in [2.24, 2.45) is 0 Å². The average molecular weight is 354 g/mol. The normalized spacial score (nSPS) is 24.5. The van der Waals surface area contributed by atoms with Crippen molar-refractivity contribution in [3.63, 3.8) is 0 Å². The molecule has 1 aromatic heterocycles. The van der Waals surface area contributed by atoms with Crippen molar-refractivity contribution in [1.82, 2.24) is 14.8 Å². The third kappa shape index (κ3) is 2.34. The molecule has 8 heteroatoms. The van der Waals surface area contributed by atoms with Crippen LogP contribution in [0.5, 0.6) is 0 Å². The van der Waals surface area contributed by atoms with Crippen LogP contribution < -0.4 is 5.32 Å². The lowest BCUT2D eigenvalue weighted by Crippen LogP contribution is -2.54. The Balaban J connectivity index is 1.96. The summed E-state index contributed by atoms with van der Waals surface area (Å²) in [6.07, 6.45) is 1.17. The summed E-state index contributed by atoms with van der Waals surface area (Å²) in [6.45, 7) is 0. The van der Waals surface area contributed by atoms with Crippen molar-refractivity contribution in [1.29, 1.82) is 0 Å². The number of nitrogens with zero attached hydrogens (tertiary/aromatic N) is 3. The van der Waals surface area contributed by atoms with Gasteiger partial charge in [-0.1, -0.05) is 42.5 Å². The molecule has 0 amide bonds. The second-order valence-corrected chi connectivity index (χ2v) is 6.09. The van der Waals surface area contributed by atoms with Crippen LogP contribution in [0, 0.1) is 5.82 Å². The first-order valence-corrected chi connectivity index (χ1v) is 7.95. The summed E-state index contributed by atoms with van der Waals surface area (Å²) in [5, 5.41) is 28.1. The van der Waals surface area contributed by atoms with Crippen LogP contribution >= 0.6 is 0 Å². The van der Waals surface area contributed by atoms with E-state index in [-0.39, 0.29) is 5.95 Å². The molecule has 1 aliphatic rings. The van der Waals surface area contributed by atoms with Gasteiger partial charge in [-0.25, -0.2) is 9.18 Å². The van der Waals surface area contributed by atoms with Crippen LogP contribution in [0.25, 0.3) is 0 Å². The van der Waals surface area contributed by atoms with Gasteiger partial charge in [0, 0.05) is 0 Å². The number of nitrogens with one attached hydrogen (secondary N) is 1. The number of aliphatic carboxylic acids is 1. The number of carboxylic acid groups (broad SMARTS) is 1. The van der Waals surface area contributed by atoms with Gasteiger partial charge < -0.3 is 15.5 Å². The molecule has 4 rings (SSSR count). The molecular formula is C18H15FN4O3. The Morgan fingerprint density at radius 3 is 2.46 bits per heavy atom. The fraction of sp³-hybridized carbons (Fsp3) is 0.167. The zero-order chi connectivity index (χ0) is 18.3. The van der Waals surface area contributed by atoms with E-state index in [9.17, 15) is 19.4 Å². The first-order valence-electron chi connectivity index (χ1n) is 7.95. The van der Waals surface area contributed by atoms with Gasteiger partial charge in [-0.05, 0) is 23.3 Å². The highest BCUT2D eigenvalue weighted by Crippen LogP contribution is 2.47. The maximum atomic E-state index is 13.4.